The predicted molar refractivity (Wildman–Crippen MR) is 245 cm³/mol. The summed E-state index contributed by atoms with van der Waals surface area (Å²) >= 11 is 0. The van der Waals surface area contributed by atoms with Crippen LogP contribution in [0.25, 0.3) is 54.3 Å². The molecule has 0 radical (unpaired) electrons. The highest BCUT2D eigenvalue weighted by Crippen LogP contribution is 2.52. The van der Waals surface area contributed by atoms with Gasteiger partial charge in [-0.15, -0.1) is 0 Å². The van der Waals surface area contributed by atoms with Crippen LogP contribution in [0.5, 0.6) is 0 Å². The number of anilines is 4. The van der Waals surface area contributed by atoms with Gasteiger partial charge in [0.05, 0.1) is 11.4 Å². The summed E-state index contributed by atoms with van der Waals surface area (Å²) in [4.78, 5) is 5.12. The zero-order valence-corrected chi connectivity index (χ0v) is 34.2. The van der Waals surface area contributed by atoms with Crippen molar-refractivity contribution in [2.75, 3.05) is 9.80 Å². The van der Waals surface area contributed by atoms with Crippen molar-refractivity contribution in [3.05, 3.63) is 156 Å². The maximum Gasteiger partial charge on any atom is 0.135 e. The van der Waals surface area contributed by atoms with Crippen molar-refractivity contribution in [3.8, 4) is 0 Å². The normalized spacial score (nSPS) is 15.3. The molecule has 0 saturated heterocycles. The highest BCUT2D eigenvalue weighted by Gasteiger charge is 2.30. The zero-order valence-electron chi connectivity index (χ0n) is 34.2. The molecule has 0 amide bonds. The molecular formula is C54H52N2O. The van der Waals surface area contributed by atoms with Crippen molar-refractivity contribution >= 4 is 77.0 Å². The molecule has 0 spiro atoms. The van der Waals surface area contributed by atoms with Crippen molar-refractivity contribution in [2.45, 2.75) is 90.9 Å². The van der Waals surface area contributed by atoms with Gasteiger partial charge in [0.15, 0.2) is 0 Å². The van der Waals surface area contributed by atoms with Crippen LogP contribution in [0.3, 0.4) is 0 Å². The predicted octanol–water partition coefficient (Wildman–Crippen LogP) is 16.0. The minimum Gasteiger partial charge on any atom is -0.456 e. The first-order valence-corrected chi connectivity index (χ1v) is 21.0. The monoisotopic (exact) mass is 744 g/mol. The van der Waals surface area contributed by atoms with E-state index >= 15 is 0 Å². The summed E-state index contributed by atoms with van der Waals surface area (Å²) in [5, 5.41) is 10.3. The fraction of sp³-hybridized carbons (Fsp3) is 0.259. The lowest BCUT2D eigenvalue weighted by Gasteiger charge is -2.35. The molecule has 0 unspecified atom stereocenters. The van der Waals surface area contributed by atoms with Gasteiger partial charge in [-0.05, 0) is 149 Å². The van der Waals surface area contributed by atoms with Crippen LogP contribution >= 0.6 is 0 Å². The van der Waals surface area contributed by atoms with Crippen molar-refractivity contribution in [1.29, 1.82) is 0 Å². The first-order chi connectivity index (χ1) is 27.6. The third-order valence-corrected chi connectivity index (χ3v) is 12.4. The van der Waals surface area contributed by atoms with Gasteiger partial charge in [-0.3, -0.25) is 0 Å². The van der Waals surface area contributed by atoms with Crippen molar-refractivity contribution in [3.63, 3.8) is 0 Å². The lowest BCUT2D eigenvalue weighted by Crippen LogP contribution is -2.20. The third-order valence-electron chi connectivity index (χ3n) is 12.4. The Hall–Kier alpha value is -5.80. The molecule has 2 aliphatic rings. The first-order valence-electron chi connectivity index (χ1n) is 21.0. The summed E-state index contributed by atoms with van der Waals surface area (Å²) in [7, 11) is 0. The van der Waals surface area contributed by atoms with Crippen LogP contribution in [0.15, 0.2) is 149 Å². The summed E-state index contributed by atoms with van der Waals surface area (Å²) in [5.41, 5.74) is 12.0. The molecule has 57 heavy (non-hydrogen) atoms. The second-order valence-corrected chi connectivity index (χ2v) is 18.3. The minimum absolute atomic E-state index is 0.0836. The van der Waals surface area contributed by atoms with Gasteiger partial charge < -0.3 is 14.2 Å². The maximum atomic E-state index is 6.34. The molecule has 1 heterocycles. The molecule has 0 saturated carbocycles. The molecule has 0 N–H and O–H groups in total. The van der Waals surface area contributed by atoms with E-state index in [1.807, 2.05) is 0 Å². The lowest BCUT2D eigenvalue weighted by atomic mass is 9.76. The Balaban J connectivity index is 1.33. The number of nitrogens with zero attached hydrogens (tertiary/aromatic N) is 2. The molecule has 1 aromatic heterocycles. The van der Waals surface area contributed by atoms with Crippen LogP contribution in [0.2, 0.25) is 0 Å². The van der Waals surface area contributed by atoms with Crippen LogP contribution in [-0.4, -0.2) is 0 Å². The minimum atomic E-state index is -0.0917. The van der Waals surface area contributed by atoms with Gasteiger partial charge >= 0.3 is 0 Å². The van der Waals surface area contributed by atoms with Gasteiger partial charge in [0.25, 0.3) is 0 Å². The SMILES string of the molecule is CC(C)(C)c1cc2c(N(C3=CCCCC3)c3ccccc3)ccc3c(C(C)(C)C)cc4c(N(C5=CC=CCC5)c5ccc6oc7ccccc7c6c5)ccc1c4c23. The lowest BCUT2D eigenvalue weighted by molar-refractivity contribution is 0.595. The van der Waals surface area contributed by atoms with E-state index < -0.39 is 0 Å². The van der Waals surface area contributed by atoms with Gasteiger partial charge in [-0.2, -0.15) is 0 Å². The van der Waals surface area contributed by atoms with Gasteiger partial charge in [-0.25, -0.2) is 0 Å². The Labute approximate surface area is 336 Å². The molecule has 7 aromatic carbocycles. The number of furan rings is 1. The fourth-order valence-electron chi connectivity index (χ4n) is 9.72. The average molecular weight is 745 g/mol. The van der Waals surface area contributed by atoms with E-state index in [9.17, 15) is 0 Å². The first kappa shape index (κ1) is 35.6. The Kier molecular flexibility index (Phi) is 8.37. The molecule has 0 aliphatic heterocycles. The number of para-hydroxylation sites is 2. The van der Waals surface area contributed by atoms with E-state index in [1.165, 1.54) is 84.7 Å². The molecule has 284 valence electrons. The summed E-state index contributed by atoms with van der Waals surface area (Å²) < 4.78 is 6.34. The fourth-order valence-corrected chi connectivity index (χ4v) is 9.72. The summed E-state index contributed by atoms with van der Waals surface area (Å²) in [6.07, 6.45) is 16.0. The van der Waals surface area contributed by atoms with E-state index in [4.69, 9.17) is 4.42 Å². The van der Waals surface area contributed by atoms with E-state index in [-0.39, 0.29) is 10.8 Å². The highest BCUT2D eigenvalue weighted by atomic mass is 16.3. The molecule has 8 aromatic rings. The Morgan fingerprint density at radius 2 is 1.12 bits per heavy atom. The van der Waals surface area contributed by atoms with Crippen molar-refractivity contribution in [1.82, 2.24) is 0 Å². The van der Waals surface area contributed by atoms with Crippen molar-refractivity contribution < 1.29 is 4.42 Å². The molecule has 10 rings (SSSR count). The highest BCUT2D eigenvalue weighted by molar-refractivity contribution is 6.29. The van der Waals surface area contributed by atoms with Gasteiger partial charge in [0.1, 0.15) is 11.2 Å². The number of hydrogen-bond donors (Lipinski definition) is 0. The Morgan fingerprint density at radius 3 is 1.74 bits per heavy atom. The van der Waals surface area contributed by atoms with Crippen LogP contribution in [-0.2, 0) is 10.8 Å². The maximum absolute atomic E-state index is 6.34. The summed E-state index contributed by atoms with van der Waals surface area (Å²) in [6, 6.07) is 41.0. The van der Waals surface area contributed by atoms with E-state index in [1.54, 1.807) is 0 Å². The van der Waals surface area contributed by atoms with Gasteiger partial charge in [0.2, 0.25) is 0 Å². The molecule has 0 bridgehead atoms. The average Bonchev–Trinajstić information content (AvgIpc) is 3.59. The summed E-state index contributed by atoms with van der Waals surface area (Å²) in [6.45, 7) is 14.3. The number of fused-ring (bicyclic) bond motifs is 3. The standard InChI is InChI=1S/C54H52N2O/c1-53(2,3)45-33-43-47(55(35-18-10-7-11-19-35)36-20-12-8-13-21-36)29-27-40-46(54(4,5)6)34-44-48(30-28-41(45)52(44)51(40)43)56(37-22-14-9-15-23-37)38-26-31-50-42(32-38)39-24-16-17-25-49(39)57-50/h7,9-11,14,16-20,22,24-34H,8,12-13,15,21,23H2,1-6H3. The quantitative estimate of drug-likeness (QED) is 0.158. The molecule has 2 aliphatic carbocycles. The van der Waals surface area contributed by atoms with Crippen LogP contribution < -0.4 is 9.80 Å². The Morgan fingerprint density at radius 1 is 0.491 bits per heavy atom. The summed E-state index contributed by atoms with van der Waals surface area (Å²) in [5.74, 6) is 0. The topological polar surface area (TPSA) is 19.6 Å². The number of allylic oxidation sites excluding steroid dienone is 6. The molecule has 0 fully saturated rings. The van der Waals surface area contributed by atoms with Gasteiger partial charge in [0, 0.05) is 44.3 Å². The van der Waals surface area contributed by atoms with Crippen LogP contribution in [0.1, 0.15) is 91.2 Å². The second kappa shape index (κ2) is 13.4. The number of hydrogen-bond acceptors (Lipinski definition) is 3. The van der Waals surface area contributed by atoms with Crippen LogP contribution in [0, 0.1) is 0 Å². The molecular weight excluding hydrogens is 693 g/mol. The largest absolute Gasteiger partial charge is 0.456 e. The van der Waals surface area contributed by atoms with Crippen LogP contribution in [0.4, 0.5) is 22.7 Å². The number of benzene rings is 7. The molecule has 3 heteroatoms. The smallest absolute Gasteiger partial charge is 0.135 e. The third kappa shape index (κ3) is 5.93. The second-order valence-electron chi connectivity index (χ2n) is 18.3. The van der Waals surface area contributed by atoms with Gasteiger partial charge in [-0.1, -0.05) is 108 Å². The molecule has 0 atom stereocenters. The van der Waals surface area contributed by atoms with E-state index in [0.29, 0.717) is 0 Å². The zero-order chi connectivity index (χ0) is 39.1. The van der Waals surface area contributed by atoms with E-state index in [0.717, 1.165) is 53.3 Å². The Bertz CT molecular complexity index is 2930. The van der Waals surface area contributed by atoms with Crippen molar-refractivity contribution in [2.24, 2.45) is 0 Å². The van der Waals surface area contributed by atoms with E-state index in [2.05, 4.69) is 185 Å². The molecule has 3 nitrogen and oxygen atoms in total. The number of rotatable bonds is 6.